The normalized spacial score (nSPS) is 20.0. The summed E-state index contributed by atoms with van der Waals surface area (Å²) in [5, 5.41) is 24.9. The third kappa shape index (κ3) is 5.03. The molecule has 37 heavy (non-hydrogen) atoms. The number of aromatic nitrogens is 4. The van der Waals surface area contributed by atoms with Gasteiger partial charge in [-0.1, -0.05) is 0 Å². The monoisotopic (exact) mass is 531 g/mol. The number of benzene rings is 1. The molecule has 0 aliphatic heterocycles. The van der Waals surface area contributed by atoms with Crippen molar-refractivity contribution in [3.05, 3.63) is 53.6 Å². The summed E-state index contributed by atoms with van der Waals surface area (Å²) in [6, 6.07) is 6.23. The molecule has 4 aromatic rings. The van der Waals surface area contributed by atoms with Crippen LogP contribution in [0.3, 0.4) is 0 Å². The van der Waals surface area contributed by atoms with Crippen LogP contribution in [-0.4, -0.2) is 36.1 Å². The third-order valence-electron chi connectivity index (χ3n) is 6.95. The maximum Gasteiger partial charge on any atom is 0.433 e. The average Bonchev–Trinajstić information content (AvgIpc) is 3.54. The number of aliphatic hydroxyl groups is 1. The molecule has 1 fully saturated rings. The van der Waals surface area contributed by atoms with Gasteiger partial charge in [0.15, 0.2) is 0 Å². The molecule has 1 aromatic carbocycles. The predicted molar refractivity (Wildman–Crippen MR) is 132 cm³/mol. The second-order valence-electron chi connectivity index (χ2n) is 9.41. The Hall–Kier alpha value is -3.51. The van der Waals surface area contributed by atoms with Crippen LogP contribution in [0.15, 0.2) is 42.9 Å². The molecular formula is C25H24F3N5O3S. The number of halogens is 3. The molecule has 8 nitrogen and oxygen atoms in total. The molecule has 1 aliphatic carbocycles. The number of thiazole rings is 1. The number of aromatic amines is 1. The van der Waals surface area contributed by atoms with Crippen molar-refractivity contribution in [3.8, 4) is 10.4 Å². The summed E-state index contributed by atoms with van der Waals surface area (Å²) >= 11 is 1.33. The van der Waals surface area contributed by atoms with Gasteiger partial charge in [0.1, 0.15) is 16.3 Å². The minimum atomic E-state index is -4.59. The Balaban J connectivity index is 1.43. The lowest BCUT2D eigenvalue weighted by Crippen LogP contribution is -2.35. The van der Waals surface area contributed by atoms with E-state index in [1.54, 1.807) is 31.5 Å². The van der Waals surface area contributed by atoms with Crippen LogP contribution >= 0.6 is 11.3 Å². The van der Waals surface area contributed by atoms with E-state index in [9.17, 15) is 28.2 Å². The molecule has 12 heteroatoms. The van der Waals surface area contributed by atoms with Crippen molar-refractivity contribution in [2.45, 2.75) is 44.4 Å². The van der Waals surface area contributed by atoms with E-state index in [1.807, 2.05) is 6.07 Å². The van der Waals surface area contributed by atoms with Crippen molar-refractivity contribution in [2.75, 3.05) is 5.32 Å². The van der Waals surface area contributed by atoms with Crippen LogP contribution in [0.4, 0.5) is 24.8 Å². The fourth-order valence-electron chi connectivity index (χ4n) is 4.86. The molecule has 0 radical (unpaired) electrons. The van der Waals surface area contributed by atoms with Crippen molar-refractivity contribution in [2.24, 2.45) is 11.8 Å². The number of hydrogen-bond acceptors (Lipinski definition) is 7. The Kier molecular flexibility index (Phi) is 6.40. The highest BCUT2D eigenvalue weighted by Crippen LogP contribution is 2.44. The molecule has 5 rings (SSSR count). The largest absolute Gasteiger partial charge is 0.481 e. The zero-order chi connectivity index (χ0) is 26.4. The maximum atomic E-state index is 13.1. The van der Waals surface area contributed by atoms with Crippen LogP contribution in [-0.2, 0) is 16.6 Å². The number of rotatable bonds is 6. The van der Waals surface area contributed by atoms with Crippen molar-refractivity contribution in [3.63, 3.8) is 0 Å². The summed E-state index contributed by atoms with van der Waals surface area (Å²) in [6.07, 6.45) is 2.12. The number of carboxylic acid groups (broad SMARTS) is 1. The predicted octanol–water partition coefficient (Wildman–Crippen LogP) is 5.94. The Morgan fingerprint density at radius 1 is 1.16 bits per heavy atom. The highest BCUT2D eigenvalue weighted by atomic mass is 32.1. The van der Waals surface area contributed by atoms with Gasteiger partial charge >= 0.3 is 12.1 Å². The van der Waals surface area contributed by atoms with E-state index >= 15 is 0 Å². The number of carbonyl (C=O) groups is 1. The molecule has 0 bridgehead atoms. The molecule has 194 valence electrons. The third-order valence-corrected chi connectivity index (χ3v) is 8.20. The molecule has 0 spiro atoms. The molecular weight excluding hydrogens is 507 g/mol. The van der Waals surface area contributed by atoms with Crippen molar-refractivity contribution < 1.29 is 28.2 Å². The van der Waals surface area contributed by atoms with E-state index < -0.39 is 23.4 Å². The maximum absolute atomic E-state index is 13.1. The van der Waals surface area contributed by atoms with Crippen LogP contribution in [0.1, 0.15) is 43.3 Å². The van der Waals surface area contributed by atoms with Crippen LogP contribution in [0.5, 0.6) is 0 Å². The minimum Gasteiger partial charge on any atom is -0.481 e. The standard InChI is InChI=1S/C25H24F3N5O3S/c1-24(36,14-4-2-13(3-5-14)21(34)35)22-31-12-19(37-22)17-10-15(11-18-16(17)6-8-29-18)32-23-30-9-7-20(33-23)25(26,27)28/h6-14,29,36H,2-5H2,1H3,(H,34,35)(H,30,32,33)/t13?,14?,24-/m0/s1. The van der Waals surface area contributed by atoms with E-state index in [2.05, 4.69) is 25.3 Å². The summed E-state index contributed by atoms with van der Waals surface area (Å²) in [6.45, 7) is 1.72. The van der Waals surface area contributed by atoms with E-state index in [0.29, 0.717) is 36.4 Å². The fraction of sp³-hybridized carbons (Fsp3) is 0.360. The smallest absolute Gasteiger partial charge is 0.433 e. The SMILES string of the molecule is C[C@@](O)(c1ncc(-c2cc(Nc3nccc(C(F)(F)F)n3)cc3[nH]ccc23)s1)C1CCC(C(=O)O)CC1. The van der Waals surface area contributed by atoms with Crippen LogP contribution in [0.25, 0.3) is 21.3 Å². The quantitative estimate of drug-likeness (QED) is 0.243. The van der Waals surface area contributed by atoms with Gasteiger partial charge < -0.3 is 20.5 Å². The number of aliphatic carboxylic acids is 1. The van der Waals surface area contributed by atoms with E-state index in [1.165, 1.54) is 11.3 Å². The summed E-state index contributed by atoms with van der Waals surface area (Å²) in [4.78, 5) is 27.2. The molecule has 1 saturated carbocycles. The number of anilines is 2. The van der Waals surface area contributed by atoms with Crippen molar-refractivity contribution >= 4 is 39.8 Å². The van der Waals surface area contributed by atoms with Crippen LogP contribution in [0, 0.1) is 11.8 Å². The van der Waals surface area contributed by atoms with Gasteiger partial charge in [-0.15, -0.1) is 11.3 Å². The van der Waals surface area contributed by atoms with Gasteiger partial charge in [0, 0.05) is 40.7 Å². The number of nitrogens with zero attached hydrogens (tertiary/aromatic N) is 3. The average molecular weight is 532 g/mol. The summed E-state index contributed by atoms with van der Waals surface area (Å²) in [5.74, 6) is -1.47. The molecule has 3 heterocycles. The first-order valence-electron chi connectivity index (χ1n) is 11.7. The van der Waals surface area contributed by atoms with Crippen molar-refractivity contribution in [1.82, 2.24) is 19.9 Å². The first kappa shape index (κ1) is 25.2. The van der Waals surface area contributed by atoms with Gasteiger partial charge in [-0.05, 0) is 62.8 Å². The second kappa shape index (κ2) is 9.42. The Morgan fingerprint density at radius 3 is 2.62 bits per heavy atom. The number of fused-ring (bicyclic) bond motifs is 1. The molecule has 1 atom stereocenters. The van der Waals surface area contributed by atoms with Crippen LogP contribution in [0.2, 0.25) is 0 Å². The Labute approximate surface area is 213 Å². The molecule has 0 saturated heterocycles. The number of hydrogen-bond donors (Lipinski definition) is 4. The summed E-state index contributed by atoms with van der Waals surface area (Å²) in [7, 11) is 0. The van der Waals surface area contributed by atoms with Gasteiger partial charge in [-0.2, -0.15) is 13.2 Å². The minimum absolute atomic E-state index is 0.111. The molecule has 1 aliphatic rings. The molecule has 0 unspecified atom stereocenters. The van der Waals surface area contributed by atoms with Gasteiger partial charge in [0.2, 0.25) is 5.95 Å². The first-order chi connectivity index (χ1) is 17.5. The summed E-state index contributed by atoms with van der Waals surface area (Å²) in [5.41, 5.74) is -0.246. The Morgan fingerprint density at radius 2 is 1.92 bits per heavy atom. The topological polar surface area (TPSA) is 124 Å². The lowest BCUT2D eigenvalue weighted by Gasteiger charge is -2.35. The second-order valence-corrected chi connectivity index (χ2v) is 10.4. The molecule has 0 amide bonds. The lowest BCUT2D eigenvalue weighted by atomic mass is 9.74. The van der Waals surface area contributed by atoms with Gasteiger partial charge in [-0.25, -0.2) is 15.0 Å². The molecule has 3 aromatic heterocycles. The van der Waals surface area contributed by atoms with E-state index in [4.69, 9.17) is 0 Å². The Bertz CT molecular complexity index is 1440. The van der Waals surface area contributed by atoms with Crippen molar-refractivity contribution in [1.29, 1.82) is 0 Å². The van der Waals surface area contributed by atoms with Gasteiger partial charge in [0.05, 0.1) is 10.8 Å². The summed E-state index contributed by atoms with van der Waals surface area (Å²) < 4.78 is 39.2. The van der Waals surface area contributed by atoms with Gasteiger partial charge in [0.25, 0.3) is 0 Å². The zero-order valence-corrected chi connectivity index (χ0v) is 20.5. The fourth-order valence-corrected chi connectivity index (χ4v) is 5.93. The lowest BCUT2D eigenvalue weighted by molar-refractivity contribution is -0.144. The van der Waals surface area contributed by atoms with E-state index in [-0.39, 0.29) is 17.8 Å². The number of alkyl halides is 3. The van der Waals surface area contributed by atoms with Gasteiger partial charge in [-0.3, -0.25) is 4.79 Å². The highest BCUT2D eigenvalue weighted by Gasteiger charge is 2.40. The number of nitrogens with one attached hydrogen (secondary N) is 2. The zero-order valence-electron chi connectivity index (χ0n) is 19.7. The molecule has 4 N–H and O–H groups in total. The van der Waals surface area contributed by atoms with Crippen LogP contribution < -0.4 is 5.32 Å². The number of H-pyrrole nitrogens is 1. The highest BCUT2D eigenvalue weighted by molar-refractivity contribution is 7.15. The van der Waals surface area contributed by atoms with E-state index in [0.717, 1.165) is 33.6 Å². The first-order valence-corrected chi connectivity index (χ1v) is 12.5. The number of carboxylic acids is 1.